The van der Waals surface area contributed by atoms with E-state index in [1.165, 1.54) is 13.8 Å². The van der Waals surface area contributed by atoms with Gasteiger partial charge in [0.2, 0.25) is 0 Å². The van der Waals surface area contributed by atoms with E-state index in [2.05, 4.69) is 13.2 Å². The molecule has 0 aromatic heterocycles. The summed E-state index contributed by atoms with van der Waals surface area (Å²) in [6.07, 6.45) is -4.65. The summed E-state index contributed by atoms with van der Waals surface area (Å²) in [7, 11) is 0. The number of hydrogen-bond acceptors (Lipinski definition) is 9. The minimum absolute atomic E-state index is 0.00406. The van der Waals surface area contributed by atoms with Crippen molar-refractivity contribution in [2.24, 2.45) is 16.7 Å². The molecule has 0 saturated heterocycles. The summed E-state index contributed by atoms with van der Waals surface area (Å²) in [5, 5.41) is 24.2. The second-order valence-corrected chi connectivity index (χ2v) is 13.0. The van der Waals surface area contributed by atoms with Crippen LogP contribution in [0.1, 0.15) is 78.1 Å². The lowest BCUT2D eigenvalue weighted by atomic mass is 9.47. The summed E-state index contributed by atoms with van der Waals surface area (Å²) >= 11 is 0. The fraction of sp³-hybridized carbons (Fsp3) is 0.559. The topological polar surface area (TPSA) is 129 Å². The third-order valence-corrected chi connectivity index (χ3v) is 9.81. The number of hydrogen-bond donors (Lipinski definition) is 2. The maximum atomic E-state index is 13.7. The van der Waals surface area contributed by atoms with Crippen LogP contribution in [0, 0.1) is 16.7 Å². The zero-order valence-electron chi connectivity index (χ0n) is 26.1. The molecule has 0 amide bonds. The fourth-order valence-electron chi connectivity index (χ4n) is 7.66. The van der Waals surface area contributed by atoms with Crippen molar-refractivity contribution in [1.29, 1.82) is 0 Å². The molecule has 0 spiro atoms. The van der Waals surface area contributed by atoms with E-state index < -0.39 is 70.8 Å². The van der Waals surface area contributed by atoms with Crippen molar-refractivity contribution in [3.63, 3.8) is 0 Å². The van der Waals surface area contributed by atoms with E-state index in [4.69, 9.17) is 18.9 Å². The molecule has 4 rings (SSSR count). The number of ether oxygens (including phenoxy) is 4. The lowest BCUT2D eigenvalue weighted by molar-refractivity contribution is -0.233. The molecule has 3 aliphatic rings. The molecule has 2 N–H and O–H groups in total. The molecule has 234 valence electrons. The Morgan fingerprint density at radius 3 is 2.09 bits per heavy atom. The van der Waals surface area contributed by atoms with Crippen LogP contribution in [0.4, 0.5) is 0 Å². The van der Waals surface area contributed by atoms with Crippen molar-refractivity contribution in [3.8, 4) is 0 Å². The smallest absolute Gasteiger partial charge is 0.338 e. The maximum absolute atomic E-state index is 13.7. The molecule has 2 fully saturated rings. The highest BCUT2D eigenvalue weighted by Gasteiger charge is 2.69. The normalized spacial score (nSPS) is 35.0. The Kier molecular flexibility index (Phi) is 8.75. The number of carbonyl (C=O) groups excluding carboxylic acids is 3. The van der Waals surface area contributed by atoms with E-state index in [1.807, 2.05) is 13.8 Å². The number of rotatable bonds is 6. The molecule has 0 unspecified atom stereocenters. The zero-order valence-corrected chi connectivity index (χ0v) is 26.1. The van der Waals surface area contributed by atoms with Gasteiger partial charge in [0, 0.05) is 37.0 Å². The van der Waals surface area contributed by atoms with Gasteiger partial charge in [0.15, 0.2) is 6.10 Å². The summed E-state index contributed by atoms with van der Waals surface area (Å²) in [5.41, 5.74) is -2.36. The minimum atomic E-state index is -1.84. The first kappa shape index (κ1) is 32.5. The molecule has 2 bridgehead atoms. The van der Waals surface area contributed by atoms with Crippen LogP contribution >= 0.6 is 0 Å². The molecular weight excluding hydrogens is 552 g/mol. The molecular formula is C34H44O9. The van der Waals surface area contributed by atoms with E-state index in [1.54, 1.807) is 51.1 Å². The molecule has 9 nitrogen and oxygen atoms in total. The summed E-state index contributed by atoms with van der Waals surface area (Å²) in [6.45, 7) is 19.6. The Morgan fingerprint density at radius 2 is 1.53 bits per heavy atom. The van der Waals surface area contributed by atoms with Crippen LogP contribution in [-0.4, -0.2) is 64.2 Å². The molecule has 9 heteroatoms. The summed E-state index contributed by atoms with van der Waals surface area (Å²) in [4.78, 5) is 39.2. The van der Waals surface area contributed by atoms with Crippen LogP contribution < -0.4 is 0 Å². The molecule has 3 aliphatic carbocycles. The molecule has 2 saturated carbocycles. The number of benzene rings is 1. The van der Waals surface area contributed by atoms with E-state index in [9.17, 15) is 24.6 Å². The largest absolute Gasteiger partial charge is 0.491 e. The maximum Gasteiger partial charge on any atom is 0.338 e. The highest BCUT2D eigenvalue weighted by Crippen LogP contribution is 2.62. The van der Waals surface area contributed by atoms with Gasteiger partial charge in [0.1, 0.15) is 23.9 Å². The van der Waals surface area contributed by atoms with Gasteiger partial charge in [-0.15, -0.1) is 0 Å². The Labute approximate surface area is 253 Å². The van der Waals surface area contributed by atoms with Gasteiger partial charge >= 0.3 is 17.9 Å². The minimum Gasteiger partial charge on any atom is -0.491 e. The van der Waals surface area contributed by atoms with E-state index in [-0.39, 0.29) is 18.4 Å². The van der Waals surface area contributed by atoms with E-state index >= 15 is 0 Å². The number of allylic oxidation sites excluding steroid dienone is 1. The van der Waals surface area contributed by atoms with Crippen LogP contribution in [0.3, 0.4) is 0 Å². The first-order valence-electron chi connectivity index (χ1n) is 14.7. The van der Waals surface area contributed by atoms with Gasteiger partial charge in [0.25, 0.3) is 0 Å². The van der Waals surface area contributed by atoms with Gasteiger partial charge in [-0.25, -0.2) is 4.79 Å². The average molecular weight is 597 g/mol. The fourth-order valence-corrected chi connectivity index (χ4v) is 7.66. The average Bonchev–Trinajstić information content (AvgIpc) is 2.91. The van der Waals surface area contributed by atoms with Crippen LogP contribution in [0.15, 0.2) is 66.0 Å². The molecule has 0 aliphatic heterocycles. The third kappa shape index (κ3) is 5.53. The Balaban J connectivity index is 2.09. The summed E-state index contributed by atoms with van der Waals surface area (Å²) in [6, 6.07) is 8.43. The van der Waals surface area contributed by atoms with Crippen molar-refractivity contribution in [3.05, 3.63) is 71.5 Å². The van der Waals surface area contributed by atoms with E-state index in [0.29, 0.717) is 28.9 Å². The number of fused-ring (bicyclic) bond motifs is 3. The first-order chi connectivity index (χ1) is 20.0. The first-order valence-corrected chi connectivity index (χ1v) is 14.7. The summed E-state index contributed by atoms with van der Waals surface area (Å²) in [5.74, 6) is -2.40. The lowest BCUT2D eigenvalue weighted by Crippen LogP contribution is -2.71. The number of aliphatic hydroxyl groups is 2. The van der Waals surface area contributed by atoms with Crippen molar-refractivity contribution < 1.29 is 43.5 Å². The van der Waals surface area contributed by atoms with Gasteiger partial charge in [-0.1, -0.05) is 52.1 Å². The van der Waals surface area contributed by atoms with Gasteiger partial charge in [-0.2, -0.15) is 0 Å². The monoisotopic (exact) mass is 596 g/mol. The Morgan fingerprint density at radius 1 is 0.930 bits per heavy atom. The van der Waals surface area contributed by atoms with Gasteiger partial charge in [-0.3, -0.25) is 9.59 Å². The predicted octanol–water partition coefficient (Wildman–Crippen LogP) is 4.82. The highest BCUT2D eigenvalue weighted by molar-refractivity contribution is 5.89. The van der Waals surface area contributed by atoms with Crippen molar-refractivity contribution in [2.75, 3.05) is 0 Å². The van der Waals surface area contributed by atoms with Gasteiger partial charge in [0.05, 0.1) is 17.4 Å². The van der Waals surface area contributed by atoms with Gasteiger partial charge < -0.3 is 29.2 Å². The third-order valence-electron chi connectivity index (χ3n) is 9.81. The number of carbonyl (C=O) groups is 3. The molecule has 1 aromatic rings. The molecule has 0 heterocycles. The molecule has 0 radical (unpaired) electrons. The molecule has 8 atom stereocenters. The second kappa shape index (κ2) is 11.6. The van der Waals surface area contributed by atoms with Gasteiger partial charge in [-0.05, 0) is 55.5 Å². The quantitative estimate of drug-likeness (QED) is 0.206. The van der Waals surface area contributed by atoms with E-state index in [0.717, 1.165) is 0 Å². The Bertz CT molecular complexity index is 1340. The lowest BCUT2D eigenvalue weighted by Gasteiger charge is -2.63. The zero-order chi connectivity index (χ0) is 32.1. The standard InChI is InChI=1S/C34H44O9/c1-18(2)40-25-17-34(39)29(43-31(38)23-13-11-10-12-14-23)27-19(3)24(37)15-16-33(27,9)30(42-22(6)36)28(41-21(5)35)26(20(25)4)32(34,7)8/h10-14,24-25,27-30,37,39H,1,3,15-17H2,2,4-9H3/t24-,25-,27-,28+,29-,30-,33+,34+/m0/s1. The van der Waals surface area contributed by atoms with Crippen molar-refractivity contribution in [2.45, 2.75) is 104 Å². The molecule has 43 heavy (non-hydrogen) atoms. The number of esters is 3. The van der Waals surface area contributed by atoms with Crippen molar-refractivity contribution >= 4 is 17.9 Å². The van der Waals surface area contributed by atoms with Crippen LogP contribution in [0.2, 0.25) is 0 Å². The van der Waals surface area contributed by atoms with Crippen LogP contribution in [0.5, 0.6) is 0 Å². The highest BCUT2D eigenvalue weighted by atomic mass is 16.6. The molecule has 1 aromatic carbocycles. The van der Waals surface area contributed by atoms with Crippen LogP contribution in [0.25, 0.3) is 0 Å². The SMILES string of the molecule is C=C(C)O[C@H]1C[C@@]2(O)[C@@H](OC(=O)c3ccccc3)[C@@H]3C(=C)[C@@H](O)CC[C@@]3(C)[C@@H](OC(C)=O)[C@H](OC(C)=O)C(=C1C)C2(C)C. The summed E-state index contributed by atoms with van der Waals surface area (Å²) < 4.78 is 24.6. The second-order valence-electron chi connectivity index (χ2n) is 13.0. The number of aliphatic hydroxyl groups excluding tert-OH is 1. The van der Waals surface area contributed by atoms with Crippen LogP contribution in [-0.2, 0) is 28.5 Å². The predicted molar refractivity (Wildman–Crippen MR) is 158 cm³/mol. The van der Waals surface area contributed by atoms with Crippen molar-refractivity contribution in [1.82, 2.24) is 0 Å². The Hall–Kier alpha value is -3.43.